The van der Waals surface area contributed by atoms with Gasteiger partial charge in [-0.2, -0.15) is 0 Å². The van der Waals surface area contributed by atoms with Gasteiger partial charge in [-0.1, -0.05) is 48.2 Å². The normalized spacial score (nSPS) is 10.9. The molecule has 3 rings (SSSR count). The summed E-state index contributed by atoms with van der Waals surface area (Å²) in [5.41, 5.74) is 3.28. The van der Waals surface area contributed by atoms with Crippen LogP contribution in [0.3, 0.4) is 0 Å². The molecule has 0 saturated heterocycles. The molecule has 0 radical (unpaired) electrons. The summed E-state index contributed by atoms with van der Waals surface area (Å²) in [6.07, 6.45) is 0.969. The molecule has 0 saturated carbocycles. The van der Waals surface area contributed by atoms with Gasteiger partial charge in [-0.25, -0.2) is 0 Å². The number of rotatable bonds is 9. The molecule has 142 valence electrons. The number of nitrogens with zero attached hydrogens (tertiary/aromatic N) is 3. The molecule has 0 spiro atoms. The number of methoxy groups -OCH3 is 1. The second-order valence-electron chi connectivity index (χ2n) is 6.27. The minimum atomic E-state index is 0.367. The molecule has 1 aromatic heterocycles. The van der Waals surface area contributed by atoms with Crippen molar-refractivity contribution < 1.29 is 9.47 Å². The van der Waals surface area contributed by atoms with E-state index in [0.29, 0.717) is 6.61 Å². The van der Waals surface area contributed by atoms with Gasteiger partial charge in [-0.15, -0.1) is 10.2 Å². The lowest BCUT2D eigenvalue weighted by molar-refractivity contribution is 0.200. The molecule has 5 nitrogen and oxygen atoms in total. The van der Waals surface area contributed by atoms with Gasteiger partial charge in [0.25, 0.3) is 0 Å². The summed E-state index contributed by atoms with van der Waals surface area (Å²) in [6, 6.07) is 16.3. The Morgan fingerprint density at radius 1 is 0.963 bits per heavy atom. The van der Waals surface area contributed by atoms with E-state index in [1.807, 2.05) is 24.3 Å². The SMILES string of the molecule is COCCCSc1nnc(COc2c(C)cccc2C)n1-c1ccccc1. The number of hydrogen-bond acceptors (Lipinski definition) is 5. The van der Waals surface area contributed by atoms with Crippen LogP contribution in [0.5, 0.6) is 5.75 Å². The number of aromatic nitrogens is 3. The Kier molecular flexibility index (Phi) is 6.90. The van der Waals surface area contributed by atoms with Crippen molar-refractivity contribution in [2.24, 2.45) is 0 Å². The zero-order valence-corrected chi connectivity index (χ0v) is 16.8. The van der Waals surface area contributed by atoms with Gasteiger partial charge < -0.3 is 9.47 Å². The van der Waals surface area contributed by atoms with Crippen LogP contribution in [0.4, 0.5) is 0 Å². The molecule has 0 aliphatic carbocycles. The van der Waals surface area contributed by atoms with Crippen LogP contribution in [-0.4, -0.2) is 34.2 Å². The van der Waals surface area contributed by atoms with Crippen molar-refractivity contribution in [3.63, 3.8) is 0 Å². The molecule has 0 aliphatic rings. The number of ether oxygens (including phenoxy) is 2. The van der Waals surface area contributed by atoms with Crippen LogP contribution in [0.15, 0.2) is 53.7 Å². The van der Waals surface area contributed by atoms with E-state index in [1.165, 1.54) is 0 Å². The molecular weight excluding hydrogens is 358 g/mol. The monoisotopic (exact) mass is 383 g/mol. The lowest BCUT2D eigenvalue weighted by Gasteiger charge is -2.13. The molecule has 1 heterocycles. The fourth-order valence-electron chi connectivity index (χ4n) is 2.85. The Morgan fingerprint density at radius 2 is 1.70 bits per heavy atom. The summed E-state index contributed by atoms with van der Waals surface area (Å²) in [4.78, 5) is 0. The van der Waals surface area contributed by atoms with Crippen molar-refractivity contribution in [1.82, 2.24) is 14.8 Å². The first kappa shape index (κ1) is 19.5. The molecule has 3 aromatic rings. The molecule has 0 aliphatic heterocycles. The average Bonchev–Trinajstić information content (AvgIpc) is 3.08. The van der Waals surface area contributed by atoms with Crippen LogP contribution < -0.4 is 4.74 Å². The van der Waals surface area contributed by atoms with Gasteiger partial charge in [0.15, 0.2) is 11.0 Å². The van der Waals surface area contributed by atoms with Crippen molar-refractivity contribution in [3.8, 4) is 11.4 Å². The highest BCUT2D eigenvalue weighted by molar-refractivity contribution is 7.99. The highest BCUT2D eigenvalue weighted by atomic mass is 32.2. The first-order chi connectivity index (χ1) is 13.2. The van der Waals surface area contributed by atoms with Gasteiger partial charge in [0, 0.05) is 25.2 Å². The van der Waals surface area contributed by atoms with Gasteiger partial charge >= 0.3 is 0 Å². The lowest BCUT2D eigenvalue weighted by Crippen LogP contribution is -2.08. The average molecular weight is 384 g/mol. The second-order valence-corrected chi connectivity index (χ2v) is 7.34. The molecule has 2 aromatic carbocycles. The number of hydrogen-bond donors (Lipinski definition) is 0. The minimum Gasteiger partial charge on any atom is -0.485 e. The standard InChI is InChI=1S/C21H25N3O2S/c1-16-9-7-10-17(2)20(16)26-15-19-22-23-21(27-14-8-13-25-3)24(19)18-11-5-4-6-12-18/h4-7,9-12H,8,13-15H2,1-3H3. The summed E-state index contributed by atoms with van der Waals surface area (Å²) in [5.74, 6) is 2.63. The predicted octanol–water partition coefficient (Wildman–Crippen LogP) is 4.59. The van der Waals surface area contributed by atoms with Crippen molar-refractivity contribution >= 4 is 11.8 Å². The van der Waals surface area contributed by atoms with Gasteiger partial charge in [0.2, 0.25) is 0 Å². The number of aryl methyl sites for hydroxylation is 2. The Balaban J connectivity index is 1.83. The van der Waals surface area contributed by atoms with Gasteiger partial charge in [-0.3, -0.25) is 4.57 Å². The van der Waals surface area contributed by atoms with Crippen LogP contribution >= 0.6 is 11.8 Å². The Labute approximate surface area is 164 Å². The number of benzene rings is 2. The predicted molar refractivity (Wildman–Crippen MR) is 109 cm³/mol. The highest BCUT2D eigenvalue weighted by Gasteiger charge is 2.15. The van der Waals surface area contributed by atoms with Crippen LogP contribution in [0.2, 0.25) is 0 Å². The molecule has 0 bridgehead atoms. The third-order valence-corrected chi connectivity index (χ3v) is 5.21. The third kappa shape index (κ3) is 4.90. The van der Waals surface area contributed by atoms with E-state index < -0.39 is 0 Å². The van der Waals surface area contributed by atoms with Crippen LogP contribution in [0, 0.1) is 13.8 Å². The summed E-state index contributed by atoms with van der Waals surface area (Å²) in [5, 5.41) is 9.68. The van der Waals surface area contributed by atoms with E-state index in [1.54, 1.807) is 18.9 Å². The van der Waals surface area contributed by atoms with E-state index >= 15 is 0 Å². The highest BCUT2D eigenvalue weighted by Crippen LogP contribution is 2.26. The smallest absolute Gasteiger partial charge is 0.195 e. The summed E-state index contributed by atoms with van der Waals surface area (Å²) in [7, 11) is 1.72. The van der Waals surface area contributed by atoms with E-state index in [4.69, 9.17) is 9.47 Å². The zero-order chi connectivity index (χ0) is 19.1. The molecule has 0 fully saturated rings. The maximum atomic E-state index is 6.12. The first-order valence-corrected chi connectivity index (χ1v) is 9.99. The van der Waals surface area contributed by atoms with E-state index in [2.05, 4.69) is 52.9 Å². The van der Waals surface area contributed by atoms with E-state index in [-0.39, 0.29) is 0 Å². The molecular formula is C21H25N3O2S. The molecule has 0 amide bonds. The molecule has 0 N–H and O–H groups in total. The molecule has 6 heteroatoms. The first-order valence-electron chi connectivity index (χ1n) is 9.01. The Bertz CT molecular complexity index is 845. The number of para-hydroxylation sites is 2. The maximum Gasteiger partial charge on any atom is 0.195 e. The lowest BCUT2D eigenvalue weighted by atomic mass is 10.1. The third-order valence-electron chi connectivity index (χ3n) is 4.19. The van der Waals surface area contributed by atoms with Gasteiger partial charge in [0.05, 0.1) is 0 Å². The van der Waals surface area contributed by atoms with Crippen molar-refractivity contribution in [1.29, 1.82) is 0 Å². The van der Waals surface area contributed by atoms with Crippen molar-refractivity contribution in [2.75, 3.05) is 19.5 Å². The van der Waals surface area contributed by atoms with Crippen LogP contribution in [-0.2, 0) is 11.3 Å². The fraction of sp³-hybridized carbons (Fsp3) is 0.333. The topological polar surface area (TPSA) is 49.2 Å². The molecule has 27 heavy (non-hydrogen) atoms. The summed E-state index contributed by atoms with van der Waals surface area (Å²) >= 11 is 1.68. The second kappa shape index (κ2) is 9.58. The zero-order valence-electron chi connectivity index (χ0n) is 16.0. The Morgan fingerprint density at radius 3 is 2.41 bits per heavy atom. The van der Waals surface area contributed by atoms with Gasteiger partial charge in [0.1, 0.15) is 12.4 Å². The van der Waals surface area contributed by atoms with E-state index in [0.717, 1.165) is 52.3 Å². The summed E-state index contributed by atoms with van der Waals surface area (Å²) in [6.45, 7) is 5.23. The maximum absolute atomic E-state index is 6.12. The minimum absolute atomic E-state index is 0.367. The van der Waals surface area contributed by atoms with Crippen LogP contribution in [0.25, 0.3) is 5.69 Å². The summed E-state index contributed by atoms with van der Waals surface area (Å²) < 4.78 is 13.3. The van der Waals surface area contributed by atoms with Crippen molar-refractivity contribution in [2.45, 2.75) is 32.0 Å². The molecule has 0 atom stereocenters. The van der Waals surface area contributed by atoms with Gasteiger partial charge in [-0.05, 0) is 43.5 Å². The number of thioether (sulfide) groups is 1. The Hall–Kier alpha value is -2.31. The quantitative estimate of drug-likeness (QED) is 0.399. The van der Waals surface area contributed by atoms with Crippen molar-refractivity contribution in [3.05, 3.63) is 65.5 Å². The molecule has 0 unspecified atom stereocenters. The van der Waals surface area contributed by atoms with E-state index in [9.17, 15) is 0 Å². The fourth-order valence-corrected chi connectivity index (χ4v) is 3.74. The van der Waals surface area contributed by atoms with Crippen LogP contribution in [0.1, 0.15) is 23.4 Å². The largest absolute Gasteiger partial charge is 0.485 e.